The summed E-state index contributed by atoms with van der Waals surface area (Å²) in [5.41, 5.74) is 6.20. The second-order valence-electron chi connectivity index (χ2n) is 12.6. The minimum Gasteiger partial charge on any atom is -0.325 e. The van der Waals surface area contributed by atoms with Crippen molar-refractivity contribution in [3.63, 3.8) is 0 Å². The number of carbonyl (C=O) groups is 2. The van der Waals surface area contributed by atoms with Crippen LogP contribution in [0.1, 0.15) is 78.2 Å². The lowest BCUT2D eigenvalue weighted by Crippen LogP contribution is -2.64. The molecule has 36 heavy (non-hydrogen) atoms. The number of alkyl halides is 3. The summed E-state index contributed by atoms with van der Waals surface area (Å²) in [5.74, 6) is -0.790. The molecule has 0 aromatic heterocycles. The first-order valence-electron chi connectivity index (χ1n) is 13.2. The second-order valence-corrected chi connectivity index (χ2v) is 12.6. The number of allylic oxidation sites excluding steroid dienone is 1. The first kappa shape index (κ1) is 25.5. The molecule has 4 aliphatic rings. The van der Waals surface area contributed by atoms with E-state index in [1.54, 1.807) is 6.92 Å². The Balaban J connectivity index is 1.51. The Hall–Kier alpha value is -2.15. The average molecular weight is 503 g/mol. The van der Waals surface area contributed by atoms with E-state index >= 15 is 0 Å². The van der Waals surface area contributed by atoms with E-state index in [0.29, 0.717) is 23.2 Å². The molecule has 7 atom stereocenters. The fraction of sp³-hybridized carbons (Fsp3) is 0.655. The number of amides is 1. The number of carbonyl (C=O) groups excluding carboxylic acids is 2. The van der Waals surface area contributed by atoms with Crippen molar-refractivity contribution in [1.29, 1.82) is 0 Å². The molecule has 0 heterocycles. The van der Waals surface area contributed by atoms with E-state index in [0.717, 1.165) is 36.5 Å². The van der Waals surface area contributed by atoms with Crippen molar-refractivity contribution in [1.82, 2.24) is 0 Å². The van der Waals surface area contributed by atoms with E-state index < -0.39 is 40.3 Å². The van der Waals surface area contributed by atoms with Crippen LogP contribution in [0.25, 0.3) is 0 Å². The van der Waals surface area contributed by atoms with E-state index in [-0.39, 0.29) is 12.1 Å². The maximum absolute atomic E-state index is 13.7. The third kappa shape index (κ3) is 3.67. The summed E-state index contributed by atoms with van der Waals surface area (Å²) >= 11 is 0. The predicted octanol–water partition coefficient (Wildman–Crippen LogP) is 6.51. The molecule has 0 aliphatic heterocycles. The fourth-order valence-electron chi connectivity index (χ4n) is 9.05. The van der Waals surface area contributed by atoms with Gasteiger partial charge in [-0.05, 0) is 98.7 Å². The van der Waals surface area contributed by atoms with Crippen molar-refractivity contribution in [3.05, 3.63) is 41.0 Å². The molecule has 3 saturated carbocycles. The zero-order valence-electron chi connectivity index (χ0n) is 21.6. The molecular formula is C29H37F3N2O2. The van der Waals surface area contributed by atoms with Crippen molar-refractivity contribution in [3.8, 4) is 0 Å². The lowest BCUT2D eigenvalue weighted by atomic mass is 9.44. The normalized spacial score (nSPS) is 40.4. The van der Waals surface area contributed by atoms with Gasteiger partial charge in [0.25, 0.3) is 0 Å². The molecule has 1 aromatic carbocycles. The number of anilines is 1. The quantitative estimate of drug-likeness (QED) is 0.358. The lowest BCUT2D eigenvalue weighted by molar-refractivity contribution is -0.140. The number of nitrogens with two attached hydrogens (primary N) is 1. The number of hydrogen-bond acceptors (Lipinski definition) is 3. The zero-order chi connectivity index (χ0) is 26.3. The van der Waals surface area contributed by atoms with Gasteiger partial charge >= 0.3 is 6.18 Å². The smallest absolute Gasteiger partial charge is 0.325 e. The van der Waals surface area contributed by atoms with Gasteiger partial charge in [-0.25, -0.2) is 0 Å². The highest BCUT2D eigenvalue weighted by molar-refractivity contribution is 6.12. The van der Waals surface area contributed by atoms with Crippen molar-refractivity contribution >= 4 is 17.4 Å². The summed E-state index contributed by atoms with van der Waals surface area (Å²) in [4.78, 5) is 27.1. The number of benzene rings is 1. The molecular weight excluding hydrogens is 465 g/mol. The number of Topliss-reactive ketones (excluding diaryl/α,β-unsaturated/α-hetero) is 1. The Labute approximate surface area is 211 Å². The highest BCUT2D eigenvalue weighted by atomic mass is 19.4. The molecule has 0 bridgehead atoms. The van der Waals surface area contributed by atoms with Crippen LogP contribution in [0.15, 0.2) is 35.4 Å². The monoisotopic (exact) mass is 502 g/mol. The number of rotatable bonds is 2. The van der Waals surface area contributed by atoms with Gasteiger partial charge in [0.1, 0.15) is 0 Å². The molecule has 1 aromatic rings. The first-order valence-corrected chi connectivity index (χ1v) is 13.2. The van der Waals surface area contributed by atoms with E-state index in [1.807, 2.05) is 0 Å². The van der Waals surface area contributed by atoms with Crippen LogP contribution in [0, 0.1) is 34.5 Å². The van der Waals surface area contributed by atoms with Gasteiger partial charge < -0.3 is 11.1 Å². The van der Waals surface area contributed by atoms with E-state index in [4.69, 9.17) is 5.73 Å². The van der Waals surface area contributed by atoms with Crippen molar-refractivity contribution < 1.29 is 22.8 Å². The number of hydrogen-bond donors (Lipinski definition) is 2. The fourth-order valence-corrected chi connectivity index (χ4v) is 9.05. The van der Waals surface area contributed by atoms with Gasteiger partial charge in [0, 0.05) is 0 Å². The molecule has 2 unspecified atom stereocenters. The number of para-hydroxylation sites is 1. The summed E-state index contributed by atoms with van der Waals surface area (Å²) in [6.07, 6.45) is 2.48. The van der Waals surface area contributed by atoms with E-state index in [9.17, 15) is 22.8 Å². The molecule has 0 radical (unpaired) electrons. The molecule has 7 heteroatoms. The summed E-state index contributed by atoms with van der Waals surface area (Å²) in [6.45, 7) is 8.35. The van der Waals surface area contributed by atoms with Gasteiger partial charge in [0.05, 0.1) is 22.7 Å². The van der Waals surface area contributed by atoms with Crippen LogP contribution in [0.4, 0.5) is 18.9 Å². The van der Waals surface area contributed by atoms with Crippen LogP contribution in [-0.2, 0) is 15.8 Å². The largest absolute Gasteiger partial charge is 0.418 e. The van der Waals surface area contributed by atoms with Gasteiger partial charge in [-0.2, -0.15) is 13.2 Å². The Morgan fingerprint density at radius 3 is 2.47 bits per heavy atom. The Bertz CT molecular complexity index is 1140. The second kappa shape index (κ2) is 8.17. The third-order valence-corrected chi connectivity index (χ3v) is 10.4. The van der Waals surface area contributed by atoms with Crippen molar-refractivity contribution in [2.45, 2.75) is 84.4 Å². The molecule has 4 nitrogen and oxygen atoms in total. The van der Waals surface area contributed by atoms with Crippen LogP contribution in [0.3, 0.4) is 0 Å². The minimum atomic E-state index is -4.62. The standard InChI is InChI=1S/C29H37F3N2O2/c1-16-14-17-19-9-7-12-26(19,2)13-11-20(17)27(3)15-18(24(35)28(4,33)23(16)27)25(36)34-22-10-6-5-8-21(22)29(30,31)32/h5-6,8,10,17-20H,7,9,11-15,33H2,1-4H3,(H,34,36)/t17-,18?,19-,20+,26-,27+,28?/m0/s1. The highest BCUT2D eigenvalue weighted by Gasteiger charge is 2.63. The SMILES string of the molecule is CC1=C2C(C)(N)C(=O)C(C(=O)Nc3ccccc3C(F)(F)F)C[C@]2(C)[C@@H]2CC[C@]3(C)CCC[C@H]3[C@@H]2C1. The van der Waals surface area contributed by atoms with E-state index in [1.165, 1.54) is 37.5 Å². The van der Waals surface area contributed by atoms with Crippen LogP contribution >= 0.6 is 0 Å². The maximum Gasteiger partial charge on any atom is 0.418 e. The summed E-state index contributed by atoms with van der Waals surface area (Å²) in [5, 5.41) is 2.44. The molecule has 5 rings (SSSR count). The Morgan fingerprint density at radius 2 is 1.78 bits per heavy atom. The summed E-state index contributed by atoms with van der Waals surface area (Å²) in [7, 11) is 0. The third-order valence-electron chi connectivity index (χ3n) is 10.4. The van der Waals surface area contributed by atoms with Crippen LogP contribution in [0.5, 0.6) is 0 Å². The minimum absolute atomic E-state index is 0.288. The molecule has 3 fully saturated rings. The lowest BCUT2D eigenvalue weighted by Gasteiger charge is -2.61. The highest BCUT2D eigenvalue weighted by Crippen LogP contribution is 2.67. The number of fused-ring (bicyclic) bond motifs is 5. The average Bonchev–Trinajstić information content (AvgIpc) is 3.18. The molecule has 3 N–H and O–H groups in total. The first-order chi connectivity index (χ1) is 16.7. The predicted molar refractivity (Wildman–Crippen MR) is 133 cm³/mol. The molecule has 1 amide bonds. The molecule has 0 spiro atoms. The molecule has 196 valence electrons. The number of nitrogens with one attached hydrogen (secondary N) is 1. The van der Waals surface area contributed by atoms with Gasteiger partial charge in [-0.1, -0.05) is 38.0 Å². The molecule has 0 saturated heterocycles. The Morgan fingerprint density at radius 1 is 1.08 bits per heavy atom. The van der Waals surface area contributed by atoms with Crippen LogP contribution in [-0.4, -0.2) is 17.2 Å². The summed E-state index contributed by atoms with van der Waals surface area (Å²) in [6, 6.07) is 4.89. The zero-order valence-corrected chi connectivity index (χ0v) is 21.6. The maximum atomic E-state index is 13.7. The number of ketones is 1. The van der Waals surface area contributed by atoms with Gasteiger partial charge in [0.2, 0.25) is 5.91 Å². The van der Waals surface area contributed by atoms with Crippen molar-refractivity contribution in [2.24, 2.45) is 40.2 Å². The van der Waals surface area contributed by atoms with Crippen molar-refractivity contribution in [2.75, 3.05) is 5.32 Å². The Kier molecular flexibility index (Phi) is 5.79. The van der Waals surface area contributed by atoms with Gasteiger partial charge in [-0.3, -0.25) is 9.59 Å². The van der Waals surface area contributed by atoms with Crippen LogP contribution < -0.4 is 11.1 Å². The van der Waals surface area contributed by atoms with Crippen LogP contribution in [0.2, 0.25) is 0 Å². The van der Waals surface area contributed by atoms with Gasteiger partial charge in [-0.15, -0.1) is 0 Å². The van der Waals surface area contributed by atoms with Gasteiger partial charge in [0.15, 0.2) is 5.78 Å². The topological polar surface area (TPSA) is 72.2 Å². The summed E-state index contributed by atoms with van der Waals surface area (Å²) < 4.78 is 40.6. The molecule has 4 aliphatic carbocycles. The number of halogens is 3. The van der Waals surface area contributed by atoms with E-state index in [2.05, 4.69) is 26.1 Å².